The fraction of sp³-hybridized carbons (Fsp3) is 0.0769. The molecule has 0 fully saturated rings. The fourth-order valence-electron chi connectivity index (χ4n) is 1.65. The van der Waals surface area contributed by atoms with Gasteiger partial charge in [-0.2, -0.15) is 0 Å². The molecule has 0 spiro atoms. The van der Waals surface area contributed by atoms with Crippen molar-refractivity contribution in [1.82, 2.24) is 0 Å². The minimum Gasteiger partial charge on any atom is -0.384 e. The summed E-state index contributed by atoms with van der Waals surface area (Å²) in [5.74, 6) is -0.474. The second-order valence-electron chi connectivity index (χ2n) is 3.92. The molecule has 0 saturated heterocycles. The quantitative estimate of drug-likeness (QED) is 0.693. The number of hydrogen-bond donors (Lipinski definition) is 1. The predicted molar refractivity (Wildman–Crippen MR) is 71.3 cm³/mol. The summed E-state index contributed by atoms with van der Waals surface area (Å²) in [5, 5.41) is 20.6. The van der Waals surface area contributed by atoms with Crippen LogP contribution >= 0.6 is 15.9 Å². The van der Waals surface area contributed by atoms with Crippen LogP contribution in [0.3, 0.4) is 0 Å². The van der Waals surface area contributed by atoms with Crippen molar-refractivity contribution in [2.75, 3.05) is 0 Å². The van der Waals surface area contributed by atoms with Gasteiger partial charge in [0.25, 0.3) is 5.69 Å². The van der Waals surface area contributed by atoms with E-state index >= 15 is 0 Å². The van der Waals surface area contributed by atoms with Crippen LogP contribution in [-0.2, 0) is 0 Å². The molecule has 19 heavy (non-hydrogen) atoms. The lowest BCUT2D eigenvalue weighted by molar-refractivity contribution is -0.384. The van der Waals surface area contributed by atoms with Gasteiger partial charge in [0, 0.05) is 12.1 Å². The van der Waals surface area contributed by atoms with Crippen molar-refractivity contribution < 1.29 is 14.4 Å². The number of halogens is 2. The van der Waals surface area contributed by atoms with Gasteiger partial charge in [-0.15, -0.1) is 0 Å². The smallest absolute Gasteiger partial charge is 0.269 e. The third-order valence-electron chi connectivity index (χ3n) is 2.68. The summed E-state index contributed by atoms with van der Waals surface area (Å²) in [6.07, 6.45) is -1.02. The van der Waals surface area contributed by atoms with E-state index in [0.29, 0.717) is 15.6 Å². The molecule has 1 N–H and O–H groups in total. The molecule has 4 nitrogen and oxygen atoms in total. The van der Waals surface area contributed by atoms with Crippen molar-refractivity contribution in [1.29, 1.82) is 0 Å². The number of nitrogens with zero attached hydrogens (tertiary/aromatic N) is 1. The van der Waals surface area contributed by atoms with Gasteiger partial charge in [0.1, 0.15) is 11.9 Å². The lowest BCUT2D eigenvalue weighted by Crippen LogP contribution is -2.00. The summed E-state index contributed by atoms with van der Waals surface area (Å²) >= 11 is 3.03. The molecule has 6 heteroatoms. The fourth-order valence-corrected chi connectivity index (χ4v) is 1.90. The first-order valence-electron chi connectivity index (χ1n) is 5.36. The maximum absolute atomic E-state index is 13.4. The molecule has 0 radical (unpaired) electrons. The lowest BCUT2D eigenvalue weighted by Gasteiger charge is -2.11. The molecular weight excluding hydrogens is 317 g/mol. The van der Waals surface area contributed by atoms with E-state index in [1.165, 1.54) is 36.4 Å². The Morgan fingerprint density at radius 1 is 1.16 bits per heavy atom. The van der Waals surface area contributed by atoms with Crippen molar-refractivity contribution in [3.05, 3.63) is 74.0 Å². The van der Waals surface area contributed by atoms with E-state index in [1.54, 1.807) is 6.07 Å². The number of aliphatic hydroxyl groups excluding tert-OH is 1. The van der Waals surface area contributed by atoms with Crippen molar-refractivity contribution in [2.45, 2.75) is 6.10 Å². The van der Waals surface area contributed by atoms with Gasteiger partial charge in [0.2, 0.25) is 0 Å². The number of aliphatic hydroxyl groups is 1. The molecule has 0 aliphatic rings. The maximum Gasteiger partial charge on any atom is 0.269 e. The third-order valence-corrected chi connectivity index (χ3v) is 3.32. The van der Waals surface area contributed by atoms with Crippen LogP contribution in [0.4, 0.5) is 10.1 Å². The Kier molecular flexibility index (Phi) is 3.92. The zero-order valence-electron chi connectivity index (χ0n) is 9.59. The van der Waals surface area contributed by atoms with Crippen LogP contribution in [0, 0.1) is 15.9 Å². The first-order valence-corrected chi connectivity index (χ1v) is 6.15. The Balaban J connectivity index is 2.30. The Morgan fingerprint density at radius 3 is 2.26 bits per heavy atom. The molecule has 0 aromatic heterocycles. The lowest BCUT2D eigenvalue weighted by atomic mass is 10.0. The van der Waals surface area contributed by atoms with E-state index in [-0.39, 0.29) is 5.69 Å². The highest BCUT2D eigenvalue weighted by molar-refractivity contribution is 9.10. The molecular formula is C13H9BrFNO3. The van der Waals surface area contributed by atoms with Crippen LogP contribution in [-0.4, -0.2) is 10.0 Å². The highest BCUT2D eigenvalue weighted by Gasteiger charge is 2.14. The Bertz CT molecular complexity index is 616. The van der Waals surface area contributed by atoms with E-state index in [2.05, 4.69) is 15.9 Å². The molecule has 2 rings (SSSR count). The van der Waals surface area contributed by atoms with Crippen molar-refractivity contribution in [3.63, 3.8) is 0 Å². The number of benzene rings is 2. The monoisotopic (exact) mass is 325 g/mol. The molecule has 0 unspecified atom stereocenters. The zero-order chi connectivity index (χ0) is 14.0. The first kappa shape index (κ1) is 13.6. The van der Waals surface area contributed by atoms with Crippen molar-refractivity contribution in [3.8, 4) is 0 Å². The maximum atomic E-state index is 13.4. The molecule has 2 aromatic carbocycles. The second kappa shape index (κ2) is 5.46. The molecule has 0 aliphatic carbocycles. The summed E-state index contributed by atoms with van der Waals surface area (Å²) in [5.41, 5.74) is 0.791. The van der Waals surface area contributed by atoms with Crippen molar-refractivity contribution >= 4 is 21.6 Å². The minimum absolute atomic E-state index is 0.0575. The number of hydrogen-bond acceptors (Lipinski definition) is 3. The van der Waals surface area contributed by atoms with Gasteiger partial charge >= 0.3 is 0 Å². The number of non-ortho nitro benzene ring substituents is 1. The van der Waals surface area contributed by atoms with E-state index < -0.39 is 16.8 Å². The van der Waals surface area contributed by atoms with Crippen LogP contribution in [0.1, 0.15) is 17.2 Å². The van der Waals surface area contributed by atoms with Gasteiger partial charge in [-0.3, -0.25) is 10.1 Å². The largest absolute Gasteiger partial charge is 0.384 e. The summed E-state index contributed by atoms with van der Waals surface area (Å²) < 4.78 is 13.7. The van der Waals surface area contributed by atoms with E-state index in [9.17, 15) is 19.6 Å². The molecule has 0 bridgehead atoms. The molecule has 1 atom stereocenters. The predicted octanol–water partition coefficient (Wildman–Crippen LogP) is 3.58. The van der Waals surface area contributed by atoms with Gasteiger partial charge in [0.05, 0.1) is 9.40 Å². The van der Waals surface area contributed by atoms with Crippen LogP contribution in [0.5, 0.6) is 0 Å². The van der Waals surface area contributed by atoms with Crippen LogP contribution in [0.15, 0.2) is 46.9 Å². The Morgan fingerprint density at radius 2 is 1.74 bits per heavy atom. The molecule has 0 amide bonds. The SMILES string of the molecule is O=[N+]([O-])c1ccc([C@@H](O)c2ccc(Br)c(F)c2)cc1. The first-order chi connectivity index (χ1) is 8.99. The van der Waals surface area contributed by atoms with E-state index in [0.717, 1.165) is 0 Å². The third kappa shape index (κ3) is 2.97. The van der Waals surface area contributed by atoms with Gasteiger partial charge in [-0.1, -0.05) is 6.07 Å². The second-order valence-corrected chi connectivity index (χ2v) is 4.78. The highest BCUT2D eigenvalue weighted by atomic mass is 79.9. The molecule has 2 aromatic rings. The Hall–Kier alpha value is -1.79. The van der Waals surface area contributed by atoms with Crippen LogP contribution in [0.25, 0.3) is 0 Å². The summed E-state index contributed by atoms with van der Waals surface area (Å²) in [6, 6.07) is 9.79. The van der Waals surface area contributed by atoms with E-state index in [4.69, 9.17) is 0 Å². The number of rotatable bonds is 3. The normalized spacial score (nSPS) is 12.2. The average molecular weight is 326 g/mol. The average Bonchev–Trinajstić information content (AvgIpc) is 2.41. The number of nitro groups is 1. The summed E-state index contributed by atoms with van der Waals surface area (Å²) in [4.78, 5) is 10.0. The Labute approximate surface area is 116 Å². The highest BCUT2D eigenvalue weighted by Crippen LogP contribution is 2.26. The van der Waals surface area contributed by atoms with Gasteiger partial charge < -0.3 is 5.11 Å². The molecule has 0 saturated carbocycles. The molecule has 0 aliphatic heterocycles. The summed E-state index contributed by atoms with van der Waals surface area (Å²) in [7, 11) is 0. The molecule has 98 valence electrons. The van der Waals surface area contributed by atoms with Crippen LogP contribution in [0.2, 0.25) is 0 Å². The molecule has 0 heterocycles. The van der Waals surface area contributed by atoms with Gasteiger partial charge in [0.15, 0.2) is 0 Å². The van der Waals surface area contributed by atoms with Crippen LogP contribution < -0.4 is 0 Å². The zero-order valence-corrected chi connectivity index (χ0v) is 11.2. The van der Waals surface area contributed by atoms with Gasteiger partial charge in [-0.05, 0) is 51.3 Å². The topological polar surface area (TPSA) is 63.4 Å². The summed E-state index contributed by atoms with van der Waals surface area (Å²) in [6.45, 7) is 0. The van der Waals surface area contributed by atoms with Gasteiger partial charge in [-0.25, -0.2) is 4.39 Å². The minimum atomic E-state index is -1.02. The number of nitro benzene ring substituents is 1. The standard InChI is InChI=1S/C13H9BrFNO3/c14-11-6-3-9(7-12(11)15)13(17)8-1-4-10(5-2-8)16(18)19/h1-7,13,17H/t13-/m1/s1. The van der Waals surface area contributed by atoms with Crippen molar-refractivity contribution in [2.24, 2.45) is 0 Å². The van der Waals surface area contributed by atoms with E-state index in [1.807, 2.05) is 0 Å².